The molecule has 0 aliphatic carbocycles. The molecule has 1 aromatic carbocycles. The molecule has 0 saturated carbocycles. The topological polar surface area (TPSA) is 26.3 Å². The summed E-state index contributed by atoms with van der Waals surface area (Å²) in [5, 5.41) is 0. The van der Waals surface area contributed by atoms with Gasteiger partial charge in [0.1, 0.15) is 0 Å². The monoisotopic (exact) mass is 250 g/mol. The van der Waals surface area contributed by atoms with Crippen molar-refractivity contribution in [1.82, 2.24) is 0 Å². The molecule has 1 rings (SSSR count). The van der Waals surface area contributed by atoms with E-state index in [1.54, 1.807) is 0 Å². The predicted octanol–water partition coefficient (Wildman–Crippen LogP) is 3.98. The molecule has 0 spiro atoms. The maximum Gasteiger partial charge on any atom is 0.324 e. The van der Waals surface area contributed by atoms with Gasteiger partial charge in [-0.2, -0.15) is 0 Å². The number of carbonyl (C=O) groups is 1. The van der Waals surface area contributed by atoms with Gasteiger partial charge in [0.2, 0.25) is 8.32 Å². The Labute approximate surface area is 105 Å². The van der Waals surface area contributed by atoms with Crippen LogP contribution in [0.1, 0.15) is 36.7 Å². The van der Waals surface area contributed by atoms with Crippen LogP contribution in [0.4, 0.5) is 0 Å². The van der Waals surface area contributed by atoms with Crippen molar-refractivity contribution >= 4 is 14.3 Å². The molecule has 17 heavy (non-hydrogen) atoms. The fraction of sp³-hybridized carbons (Fsp3) is 0.500. The maximum atomic E-state index is 11.8. The summed E-state index contributed by atoms with van der Waals surface area (Å²) in [6.07, 6.45) is 0. The van der Waals surface area contributed by atoms with E-state index in [0.29, 0.717) is 5.56 Å². The van der Waals surface area contributed by atoms with Gasteiger partial charge in [-0.25, -0.2) is 4.79 Å². The third-order valence-electron chi connectivity index (χ3n) is 2.39. The first-order chi connectivity index (χ1) is 7.59. The van der Waals surface area contributed by atoms with Crippen molar-refractivity contribution in [3.8, 4) is 0 Å². The van der Waals surface area contributed by atoms with Crippen LogP contribution < -0.4 is 0 Å². The van der Waals surface area contributed by atoms with E-state index in [9.17, 15) is 4.79 Å². The van der Waals surface area contributed by atoms with Gasteiger partial charge in [-0.05, 0) is 42.8 Å². The second-order valence-electron chi connectivity index (χ2n) is 6.33. The average molecular weight is 250 g/mol. The molecule has 0 atom stereocenters. The Balaban J connectivity index is 2.85. The van der Waals surface area contributed by atoms with Crippen LogP contribution in [0.2, 0.25) is 19.6 Å². The summed E-state index contributed by atoms with van der Waals surface area (Å²) in [6.45, 7) is 12.5. The Morgan fingerprint density at radius 1 is 1.06 bits per heavy atom. The lowest BCUT2D eigenvalue weighted by atomic mass is 9.87. The van der Waals surface area contributed by atoms with E-state index in [2.05, 4.69) is 20.8 Å². The van der Waals surface area contributed by atoms with Crippen LogP contribution >= 0.6 is 0 Å². The first-order valence-electron chi connectivity index (χ1n) is 5.93. The molecule has 94 valence electrons. The van der Waals surface area contributed by atoms with Crippen molar-refractivity contribution in [2.75, 3.05) is 0 Å². The van der Waals surface area contributed by atoms with Crippen LogP contribution in [0, 0.1) is 0 Å². The Morgan fingerprint density at radius 3 is 1.88 bits per heavy atom. The van der Waals surface area contributed by atoms with Gasteiger partial charge in [-0.3, -0.25) is 0 Å². The largest absolute Gasteiger partial charge is 0.516 e. The van der Waals surface area contributed by atoms with Gasteiger partial charge in [-0.1, -0.05) is 32.9 Å². The summed E-state index contributed by atoms with van der Waals surface area (Å²) in [5.41, 5.74) is 1.98. The van der Waals surface area contributed by atoms with E-state index in [0.717, 1.165) is 0 Å². The molecular formula is C14H22O2Si. The van der Waals surface area contributed by atoms with Gasteiger partial charge in [0, 0.05) is 0 Å². The lowest BCUT2D eigenvalue weighted by molar-refractivity contribution is 0.0724. The second kappa shape index (κ2) is 4.65. The summed E-state index contributed by atoms with van der Waals surface area (Å²) in [6, 6.07) is 7.70. The predicted molar refractivity (Wildman–Crippen MR) is 73.9 cm³/mol. The SMILES string of the molecule is CC(C)(C)c1ccc(C(=O)O[Si](C)(C)C)cc1. The zero-order chi connectivity index (χ0) is 13.3. The van der Waals surface area contributed by atoms with Crippen molar-refractivity contribution in [3.05, 3.63) is 35.4 Å². The molecule has 0 amide bonds. The van der Waals surface area contributed by atoms with Crippen molar-refractivity contribution < 1.29 is 9.22 Å². The number of rotatable bonds is 2. The molecule has 0 aliphatic heterocycles. The Bertz CT molecular complexity index is 394. The zero-order valence-corrected chi connectivity index (χ0v) is 12.6. The molecule has 0 aliphatic rings. The molecule has 0 aromatic heterocycles. The summed E-state index contributed by atoms with van der Waals surface area (Å²) in [5.74, 6) is -0.204. The van der Waals surface area contributed by atoms with Crippen LogP contribution in [-0.2, 0) is 9.84 Å². The summed E-state index contributed by atoms with van der Waals surface area (Å²) >= 11 is 0. The van der Waals surface area contributed by atoms with Crippen LogP contribution in [0.5, 0.6) is 0 Å². The number of benzene rings is 1. The first-order valence-corrected chi connectivity index (χ1v) is 9.34. The fourth-order valence-corrected chi connectivity index (χ4v) is 2.12. The minimum Gasteiger partial charge on any atom is -0.516 e. The Hall–Kier alpha value is -1.09. The molecule has 0 N–H and O–H groups in total. The molecular weight excluding hydrogens is 228 g/mol. The van der Waals surface area contributed by atoms with Crippen molar-refractivity contribution in [1.29, 1.82) is 0 Å². The lowest BCUT2D eigenvalue weighted by Crippen LogP contribution is -2.29. The molecule has 0 unspecified atom stereocenters. The average Bonchev–Trinajstić information content (AvgIpc) is 2.14. The molecule has 0 fully saturated rings. The molecule has 0 saturated heterocycles. The van der Waals surface area contributed by atoms with Crippen LogP contribution in [0.25, 0.3) is 0 Å². The highest BCUT2D eigenvalue weighted by atomic mass is 28.4. The smallest absolute Gasteiger partial charge is 0.324 e. The van der Waals surface area contributed by atoms with E-state index in [4.69, 9.17) is 4.43 Å². The van der Waals surface area contributed by atoms with Gasteiger partial charge in [-0.15, -0.1) is 0 Å². The molecule has 0 heterocycles. The van der Waals surface area contributed by atoms with Gasteiger partial charge in [0.25, 0.3) is 0 Å². The minimum absolute atomic E-state index is 0.112. The number of carbonyl (C=O) groups excluding carboxylic acids is 1. The maximum absolute atomic E-state index is 11.8. The molecule has 3 heteroatoms. The van der Waals surface area contributed by atoms with Crippen molar-refractivity contribution in [2.45, 2.75) is 45.8 Å². The quantitative estimate of drug-likeness (QED) is 0.742. The van der Waals surface area contributed by atoms with E-state index >= 15 is 0 Å². The van der Waals surface area contributed by atoms with Crippen LogP contribution in [-0.4, -0.2) is 14.3 Å². The molecule has 1 aromatic rings. The number of hydrogen-bond donors (Lipinski definition) is 0. The lowest BCUT2D eigenvalue weighted by Gasteiger charge is -2.20. The van der Waals surface area contributed by atoms with E-state index < -0.39 is 8.32 Å². The second-order valence-corrected chi connectivity index (χ2v) is 10.8. The van der Waals surface area contributed by atoms with E-state index in [1.807, 2.05) is 43.9 Å². The number of hydrogen-bond acceptors (Lipinski definition) is 2. The minimum atomic E-state index is -1.80. The van der Waals surface area contributed by atoms with E-state index in [1.165, 1.54) is 5.56 Å². The molecule has 0 radical (unpaired) electrons. The van der Waals surface area contributed by atoms with Crippen molar-refractivity contribution in [3.63, 3.8) is 0 Å². The molecule has 0 bridgehead atoms. The highest BCUT2D eigenvalue weighted by Crippen LogP contribution is 2.22. The summed E-state index contributed by atoms with van der Waals surface area (Å²) in [4.78, 5) is 11.8. The third kappa shape index (κ3) is 4.34. The van der Waals surface area contributed by atoms with Gasteiger partial charge in [0.05, 0.1) is 5.56 Å². The normalized spacial score (nSPS) is 12.4. The van der Waals surface area contributed by atoms with Crippen molar-refractivity contribution in [2.24, 2.45) is 0 Å². The highest BCUT2D eigenvalue weighted by molar-refractivity contribution is 6.71. The first kappa shape index (κ1) is 14.0. The Kier molecular flexibility index (Phi) is 3.82. The summed E-state index contributed by atoms with van der Waals surface area (Å²) in [7, 11) is -1.80. The molecule has 2 nitrogen and oxygen atoms in total. The third-order valence-corrected chi connectivity index (χ3v) is 3.18. The standard InChI is InChI=1S/C14H22O2Si/c1-14(2,3)12-9-7-11(8-10-12)13(15)16-17(4,5)6/h7-10H,1-6H3. The highest BCUT2D eigenvalue weighted by Gasteiger charge is 2.21. The zero-order valence-electron chi connectivity index (χ0n) is 11.6. The fourth-order valence-electron chi connectivity index (χ4n) is 1.44. The van der Waals surface area contributed by atoms with Gasteiger partial charge >= 0.3 is 5.97 Å². The Morgan fingerprint density at radius 2 is 1.53 bits per heavy atom. The van der Waals surface area contributed by atoms with Gasteiger partial charge in [0.15, 0.2) is 0 Å². The van der Waals surface area contributed by atoms with Crippen LogP contribution in [0.15, 0.2) is 24.3 Å². The summed E-state index contributed by atoms with van der Waals surface area (Å²) < 4.78 is 5.45. The van der Waals surface area contributed by atoms with Crippen LogP contribution in [0.3, 0.4) is 0 Å². The van der Waals surface area contributed by atoms with Gasteiger partial charge < -0.3 is 4.43 Å². The van der Waals surface area contributed by atoms with E-state index in [-0.39, 0.29) is 11.4 Å².